The molecule has 0 unspecified atom stereocenters. The van der Waals surface area contributed by atoms with E-state index in [-0.39, 0.29) is 6.10 Å². The second kappa shape index (κ2) is 11.2. The number of rotatable bonds is 8. The molecule has 0 saturated carbocycles. The zero-order chi connectivity index (χ0) is 28.7. The number of halogens is 1. The lowest BCUT2D eigenvalue weighted by atomic mass is 10.1. The molecule has 9 nitrogen and oxygen atoms in total. The smallest absolute Gasteiger partial charge is 0.262 e. The predicted octanol–water partition coefficient (Wildman–Crippen LogP) is 5.85. The lowest BCUT2D eigenvalue weighted by Crippen LogP contribution is -2.35. The number of aryl methyl sites for hydroxylation is 1. The Bertz CT molecular complexity index is 1720. The fourth-order valence-corrected chi connectivity index (χ4v) is 6.40. The summed E-state index contributed by atoms with van der Waals surface area (Å²) in [5, 5.41) is 5.54. The van der Waals surface area contributed by atoms with Crippen molar-refractivity contribution in [3.05, 3.63) is 76.6 Å². The Balaban J connectivity index is 1.25. The number of benzene rings is 2. The molecule has 0 radical (unpaired) electrons. The molecule has 2 N–H and O–H groups in total. The first-order valence-electron chi connectivity index (χ1n) is 13.5. The van der Waals surface area contributed by atoms with E-state index >= 15 is 0 Å². The Morgan fingerprint density at radius 2 is 1.93 bits per heavy atom. The molecule has 1 amide bonds. The summed E-state index contributed by atoms with van der Waals surface area (Å²) in [7, 11) is 4.01. The molecule has 1 fully saturated rings. The number of nitrogens with two attached hydrogens (primary N) is 1. The normalized spacial score (nSPS) is 15.3. The molecule has 6 rings (SSSR count). The Labute approximate surface area is 247 Å². The summed E-state index contributed by atoms with van der Waals surface area (Å²) in [5.74, 6) is 0.486. The number of amides is 1. The fraction of sp³-hybridized carbons (Fsp3) is 0.300. The van der Waals surface area contributed by atoms with Gasteiger partial charge in [0.2, 0.25) is 0 Å². The molecule has 5 aromatic rings. The predicted molar refractivity (Wildman–Crippen MR) is 161 cm³/mol. The maximum atomic E-state index is 12.4. The van der Waals surface area contributed by atoms with E-state index in [1.54, 1.807) is 11.0 Å². The highest BCUT2D eigenvalue weighted by atomic mass is 35.5. The van der Waals surface area contributed by atoms with E-state index in [0.717, 1.165) is 58.7 Å². The maximum Gasteiger partial charge on any atom is 0.262 e. The lowest BCUT2D eigenvalue weighted by Gasteiger charge is -2.30. The number of hydrogen-bond acceptors (Lipinski definition) is 7. The number of nitrogens with zero attached hydrogens (tertiary/aromatic N) is 5. The molecule has 41 heavy (non-hydrogen) atoms. The third-order valence-corrected chi connectivity index (χ3v) is 8.96. The van der Waals surface area contributed by atoms with Crippen LogP contribution < -0.4 is 15.2 Å². The van der Waals surface area contributed by atoms with E-state index in [1.165, 1.54) is 11.3 Å². The highest BCUT2D eigenvalue weighted by Gasteiger charge is 2.24. The Kier molecular flexibility index (Phi) is 7.46. The van der Waals surface area contributed by atoms with Gasteiger partial charge in [-0.25, -0.2) is 4.98 Å². The highest BCUT2D eigenvalue weighted by Crippen LogP contribution is 2.39. The SMILES string of the molecule is C[C@@H](Oc1cc(-n2cnc3cc(-c4cnn(C)c4)ccc32)sc1C(N)=O)c1cccc(OC2CCN(C)CC2)c1Cl. The van der Waals surface area contributed by atoms with Crippen LogP contribution in [0.4, 0.5) is 0 Å². The van der Waals surface area contributed by atoms with E-state index in [1.807, 2.05) is 73.4 Å². The minimum Gasteiger partial charge on any atom is -0.489 e. The average molecular weight is 591 g/mol. The van der Waals surface area contributed by atoms with Crippen molar-refractivity contribution in [2.45, 2.75) is 32.0 Å². The van der Waals surface area contributed by atoms with Crippen molar-refractivity contribution in [3.8, 4) is 27.6 Å². The molecule has 2 aromatic carbocycles. The Morgan fingerprint density at radius 1 is 1.12 bits per heavy atom. The average Bonchev–Trinajstić information content (AvgIpc) is 3.69. The van der Waals surface area contributed by atoms with Crippen LogP contribution in [0.3, 0.4) is 0 Å². The second-order valence-electron chi connectivity index (χ2n) is 10.4. The molecular weight excluding hydrogens is 560 g/mol. The first-order valence-corrected chi connectivity index (χ1v) is 14.7. The Morgan fingerprint density at radius 3 is 2.66 bits per heavy atom. The van der Waals surface area contributed by atoms with Crippen LogP contribution in [0.25, 0.3) is 27.2 Å². The van der Waals surface area contributed by atoms with Crippen LogP contribution in [0.2, 0.25) is 5.02 Å². The van der Waals surface area contributed by atoms with E-state index in [4.69, 9.17) is 26.8 Å². The van der Waals surface area contributed by atoms with Gasteiger partial charge in [-0.05, 0) is 50.6 Å². The monoisotopic (exact) mass is 590 g/mol. The lowest BCUT2D eigenvalue weighted by molar-refractivity contribution is 0.0998. The van der Waals surface area contributed by atoms with Crippen molar-refractivity contribution in [2.75, 3.05) is 20.1 Å². The van der Waals surface area contributed by atoms with Crippen molar-refractivity contribution in [2.24, 2.45) is 12.8 Å². The van der Waals surface area contributed by atoms with Gasteiger partial charge >= 0.3 is 0 Å². The van der Waals surface area contributed by atoms with Crippen LogP contribution in [0.1, 0.15) is 41.1 Å². The zero-order valence-corrected chi connectivity index (χ0v) is 24.7. The molecule has 3 aromatic heterocycles. The number of hydrogen-bond donors (Lipinski definition) is 1. The molecule has 212 valence electrons. The van der Waals surface area contributed by atoms with Crippen LogP contribution in [0, 0.1) is 0 Å². The van der Waals surface area contributed by atoms with Crippen LogP contribution in [0.5, 0.6) is 11.5 Å². The van der Waals surface area contributed by atoms with Gasteiger partial charge < -0.3 is 20.1 Å². The summed E-state index contributed by atoms with van der Waals surface area (Å²) >= 11 is 8.07. The molecule has 11 heteroatoms. The molecule has 4 heterocycles. The number of primary amides is 1. The molecule has 1 aliphatic rings. The molecule has 0 aliphatic carbocycles. The van der Waals surface area contributed by atoms with Crippen LogP contribution in [-0.2, 0) is 7.05 Å². The van der Waals surface area contributed by atoms with Crippen molar-refractivity contribution in [1.29, 1.82) is 0 Å². The maximum absolute atomic E-state index is 12.4. The standard InChI is InChI=1S/C30H31ClN6O3S/c1-18(22-5-4-6-25(28(22)31)40-21-9-11-35(2)12-10-21)39-26-14-27(41-29(26)30(32)38)37-17-33-23-13-19(7-8-24(23)37)20-15-34-36(3)16-20/h4-8,13-18,21H,9-12H2,1-3H3,(H2,32,38)/t18-/m1/s1. The topological polar surface area (TPSA) is 100 Å². The van der Waals surface area contributed by atoms with Gasteiger partial charge in [0.05, 0.1) is 22.3 Å². The van der Waals surface area contributed by atoms with E-state index < -0.39 is 12.0 Å². The van der Waals surface area contributed by atoms with Gasteiger partial charge in [0, 0.05) is 43.5 Å². The van der Waals surface area contributed by atoms with Crippen molar-refractivity contribution < 1.29 is 14.3 Å². The van der Waals surface area contributed by atoms with Gasteiger partial charge in [0.25, 0.3) is 5.91 Å². The number of carbonyl (C=O) groups excluding carboxylic acids is 1. The largest absolute Gasteiger partial charge is 0.489 e. The minimum atomic E-state index is -0.558. The first-order chi connectivity index (χ1) is 19.8. The molecule has 0 spiro atoms. The molecular formula is C30H31ClN6O3S. The van der Waals surface area contributed by atoms with E-state index in [9.17, 15) is 4.79 Å². The summed E-state index contributed by atoms with van der Waals surface area (Å²) < 4.78 is 16.3. The first kappa shape index (κ1) is 27.3. The van der Waals surface area contributed by atoms with Crippen LogP contribution in [-0.4, -0.2) is 56.4 Å². The fourth-order valence-electron chi connectivity index (χ4n) is 5.15. The summed E-state index contributed by atoms with van der Waals surface area (Å²) in [6.07, 6.45) is 7.11. The quantitative estimate of drug-likeness (QED) is 0.243. The molecule has 1 aliphatic heterocycles. The van der Waals surface area contributed by atoms with Crippen LogP contribution in [0.15, 0.2) is 61.2 Å². The number of likely N-dealkylation sites (tertiary alicyclic amines) is 1. The molecule has 1 atom stereocenters. The second-order valence-corrected chi connectivity index (χ2v) is 11.8. The zero-order valence-electron chi connectivity index (χ0n) is 23.1. The van der Waals surface area contributed by atoms with E-state index in [2.05, 4.69) is 22.0 Å². The number of fused-ring (bicyclic) bond motifs is 1. The summed E-state index contributed by atoms with van der Waals surface area (Å²) in [4.78, 5) is 19.7. The van der Waals surface area contributed by atoms with Gasteiger partial charge in [-0.15, -0.1) is 11.3 Å². The van der Waals surface area contributed by atoms with Gasteiger partial charge in [-0.3, -0.25) is 14.0 Å². The third-order valence-electron chi connectivity index (χ3n) is 7.43. The number of aromatic nitrogens is 4. The molecule has 0 bridgehead atoms. The van der Waals surface area contributed by atoms with Gasteiger partial charge in [0.15, 0.2) is 0 Å². The summed E-state index contributed by atoms with van der Waals surface area (Å²) in [5.41, 5.74) is 10.3. The van der Waals surface area contributed by atoms with Gasteiger partial charge in [0.1, 0.15) is 39.9 Å². The number of ether oxygens (including phenoxy) is 2. The highest BCUT2D eigenvalue weighted by molar-refractivity contribution is 7.16. The minimum absolute atomic E-state index is 0.126. The van der Waals surface area contributed by atoms with Crippen molar-refractivity contribution in [1.82, 2.24) is 24.2 Å². The number of imidazole rings is 1. The third kappa shape index (κ3) is 5.55. The number of carbonyl (C=O) groups is 1. The van der Waals surface area contributed by atoms with Crippen molar-refractivity contribution in [3.63, 3.8) is 0 Å². The molecule has 1 saturated heterocycles. The van der Waals surface area contributed by atoms with Crippen molar-refractivity contribution >= 4 is 39.9 Å². The van der Waals surface area contributed by atoms with E-state index in [0.29, 0.717) is 21.4 Å². The number of piperidine rings is 1. The van der Waals surface area contributed by atoms with Gasteiger partial charge in [-0.2, -0.15) is 5.10 Å². The number of thiophene rings is 1. The Hall–Kier alpha value is -3.86. The summed E-state index contributed by atoms with van der Waals surface area (Å²) in [6, 6.07) is 13.6. The summed E-state index contributed by atoms with van der Waals surface area (Å²) in [6.45, 7) is 3.89. The van der Waals surface area contributed by atoms with Gasteiger partial charge in [-0.1, -0.05) is 29.8 Å². The van der Waals surface area contributed by atoms with Crippen LogP contribution >= 0.6 is 22.9 Å².